The van der Waals surface area contributed by atoms with Gasteiger partial charge in [0.05, 0.1) is 0 Å². The average molecular weight is 461 g/mol. The van der Waals surface area contributed by atoms with E-state index in [1.54, 1.807) is 15.7 Å². The Morgan fingerprint density at radius 1 is 1.23 bits per heavy atom. The molecule has 0 unspecified atom stereocenters. The Hall–Kier alpha value is -1.97. The summed E-state index contributed by atoms with van der Waals surface area (Å²) in [4.78, 5) is 22.2. The second-order valence-electron chi connectivity index (χ2n) is 5.26. The first kappa shape index (κ1) is 18.8. The molecular formula is C15H12ClN3O5SSe. The van der Waals surface area contributed by atoms with Gasteiger partial charge in [-0.25, -0.2) is 0 Å². The molecule has 11 heteroatoms. The van der Waals surface area contributed by atoms with E-state index in [1.807, 2.05) is 12.1 Å². The van der Waals surface area contributed by atoms with Crippen molar-refractivity contribution in [1.29, 1.82) is 0 Å². The minimum atomic E-state index is -3.95. The number of sulfonamides is 1. The van der Waals surface area contributed by atoms with Crippen molar-refractivity contribution in [2.75, 3.05) is 6.54 Å². The number of rotatable bonds is 6. The Morgan fingerprint density at radius 3 is 2.65 bits per heavy atom. The van der Waals surface area contributed by atoms with Gasteiger partial charge in [-0.05, 0) is 0 Å². The summed E-state index contributed by atoms with van der Waals surface area (Å²) in [6, 6.07) is 10.5. The fraction of sp³-hybridized carbons (Fsp3) is 0.133. The molecule has 136 valence electrons. The molecule has 3 aromatic rings. The quantitative estimate of drug-likeness (QED) is 0.341. The number of fused-ring (bicyclic) bond motifs is 1. The summed E-state index contributed by atoms with van der Waals surface area (Å²) in [6.07, 6.45) is 0. The van der Waals surface area contributed by atoms with Crippen LogP contribution in [0.3, 0.4) is 0 Å². The summed E-state index contributed by atoms with van der Waals surface area (Å²) in [6.45, 7) is 0.211. The van der Waals surface area contributed by atoms with Crippen LogP contribution in [0.15, 0.2) is 52.2 Å². The number of aromatic nitrogens is 1. The van der Waals surface area contributed by atoms with Crippen molar-refractivity contribution in [1.82, 2.24) is 8.28 Å². The molecule has 1 N–H and O–H groups in total. The normalized spacial score (nSPS) is 11.7. The molecule has 0 saturated carbocycles. The second kappa shape index (κ2) is 7.34. The van der Waals surface area contributed by atoms with Crippen molar-refractivity contribution in [2.24, 2.45) is 0 Å². The van der Waals surface area contributed by atoms with Gasteiger partial charge in [-0.2, -0.15) is 0 Å². The third kappa shape index (κ3) is 3.74. The Bertz CT molecular complexity index is 1160. The molecule has 0 aliphatic carbocycles. The van der Waals surface area contributed by atoms with E-state index < -0.39 is 20.6 Å². The van der Waals surface area contributed by atoms with Gasteiger partial charge in [0.2, 0.25) is 0 Å². The van der Waals surface area contributed by atoms with E-state index in [2.05, 4.69) is 4.72 Å². The van der Waals surface area contributed by atoms with Crippen molar-refractivity contribution in [3.8, 4) is 0 Å². The van der Waals surface area contributed by atoms with Crippen LogP contribution in [0.4, 0.5) is 5.69 Å². The monoisotopic (exact) mass is 461 g/mol. The van der Waals surface area contributed by atoms with Crippen LogP contribution in [0.1, 0.15) is 0 Å². The molecule has 1 heterocycles. The van der Waals surface area contributed by atoms with E-state index in [1.165, 1.54) is 6.07 Å². The SMILES string of the molecule is O=c1c2ccccc2[se]n1CCNS(=O)(=O)c1ccc(Cl)c([N+](=O)[O-])c1. The number of nitrogens with zero attached hydrogens (tertiary/aromatic N) is 2. The standard InChI is InChI=1S/C15H12ClN3O5SSe/c16-12-6-5-10(9-13(12)19(21)22)25(23,24)17-7-8-18-15(20)11-3-1-2-4-14(11)26-18/h1-6,9,17H,7-8H2. The third-order valence-corrected chi connectivity index (χ3v) is 7.72. The fourth-order valence-electron chi connectivity index (χ4n) is 2.33. The molecule has 0 bridgehead atoms. The van der Waals surface area contributed by atoms with Gasteiger partial charge < -0.3 is 0 Å². The summed E-state index contributed by atoms with van der Waals surface area (Å²) in [7, 11) is -3.95. The predicted molar refractivity (Wildman–Crippen MR) is 98.4 cm³/mol. The Balaban J connectivity index is 1.76. The van der Waals surface area contributed by atoms with Gasteiger partial charge >= 0.3 is 159 Å². The number of benzene rings is 2. The molecule has 1 aromatic heterocycles. The summed E-state index contributed by atoms with van der Waals surface area (Å²) in [5.74, 6) is 0. The molecule has 0 aliphatic rings. The Morgan fingerprint density at radius 2 is 1.96 bits per heavy atom. The first-order valence-corrected chi connectivity index (χ1v) is 10.8. The molecule has 0 fully saturated rings. The van der Waals surface area contributed by atoms with Gasteiger partial charge in [0, 0.05) is 0 Å². The maximum atomic E-state index is 12.3. The molecular weight excluding hydrogens is 449 g/mol. The van der Waals surface area contributed by atoms with Crippen LogP contribution in [0.2, 0.25) is 5.02 Å². The zero-order valence-electron chi connectivity index (χ0n) is 13.1. The molecule has 0 atom stereocenters. The first-order valence-electron chi connectivity index (χ1n) is 7.32. The van der Waals surface area contributed by atoms with Crippen molar-refractivity contribution < 1.29 is 13.3 Å². The van der Waals surface area contributed by atoms with Crippen LogP contribution in [0.25, 0.3) is 9.65 Å². The average Bonchev–Trinajstić information content (AvgIpc) is 2.91. The van der Waals surface area contributed by atoms with E-state index >= 15 is 0 Å². The van der Waals surface area contributed by atoms with Crippen molar-refractivity contribution in [2.45, 2.75) is 11.4 Å². The second-order valence-corrected chi connectivity index (χ2v) is 9.67. The Labute approximate surface area is 159 Å². The number of hydrogen-bond acceptors (Lipinski definition) is 5. The van der Waals surface area contributed by atoms with Gasteiger partial charge in [0.25, 0.3) is 0 Å². The van der Waals surface area contributed by atoms with E-state index in [0.29, 0.717) is 5.39 Å². The number of nitro groups is 1. The van der Waals surface area contributed by atoms with E-state index in [-0.39, 0.29) is 43.3 Å². The van der Waals surface area contributed by atoms with E-state index in [9.17, 15) is 23.3 Å². The summed E-state index contributed by atoms with van der Waals surface area (Å²) in [5, 5.41) is 11.4. The third-order valence-electron chi connectivity index (χ3n) is 3.58. The summed E-state index contributed by atoms with van der Waals surface area (Å²) < 4.78 is 29.6. The topological polar surface area (TPSA) is 111 Å². The van der Waals surface area contributed by atoms with Crippen LogP contribution in [0, 0.1) is 10.1 Å². The van der Waals surface area contributed by atoms with Crippen LogP contribution in [0.5, 0.6) is 0 Å². The van der Waals surface area contributed by atoms with Gasteiger partial charge in [-0.3, -0.25) is 0 Å². The molecule has 26 heavy (non-hydrogen) atoms. The van der Waals surface area contributed by atoms with E-state index in [0.717, 1.165) is 16.4 Å². The molecule has 0 aliphatic heterocycles. The van der Waals surface area contributed by atoms with Gasteiger partial charge in [0.1, 0.15) is 0 Å². The van der Waals surface area contributed by atoms with Gasteiger partial charge in [-0.1, -0.05) is 0 Å². The number of halogens is 1. The first-order chi connectivity index (χ1) is 12.3. The van der Waals surface area contributed by atoms with E-state index in [4.69, 9.17) is 11.6 Å². The van der Waals surface area contributed by atoms with Crippen molar-refractivity contribution in [3.05, 3.63) is 68.0 Å². The number of hydrogen-bond donors (Lipinski definition) is 1. The summed E-state index contributed by atoms with van der Waals surface area (Å²) in [5.41, 5.74) is -0.607. The fourth-order valence-corrected chi connectivity index (χ4v) is 5.64. The molecule has 8 nitrogen and oxygen atoms in total. The van der Waals surface area contributed by atoms with Crippen LogP contribution in [-0.4, -0.2) is 38.2 Å². The molecule has 0 saturated heterocycles. The van der Waals surface area contributed by atoms with Crippen LogP contribution < -0.4 is 10.3 Å². The van der Waals surface area contributed by atoms with Gasteiger partial charge in [-0.15, -0.1) is 0 Å². The zero-order chi connectivity index (χ0) is 18.9. The molecule has 0 radical (unpaired) electrons. The molecule has 2 aromatic carbocycles. The molecule has 3 rings (SSSR count). The summed E-state index contributed by atoms with van der Waals surface area (Å²) >= 11 is 5.50. The minimum absolute atomic E-state index is 0.000234. The number of nitro benzene ring substituents is 1. The number of nitrogens with one attached hydrogen (secondary N) is 1. The van der Waals surface area contributed by atoms with Crippen molar-refractivity contribution >= 4 is 51.7 Å². The van der Waals surface area contributed by atoms with Gasteiger partial charge in [0.15, 0.2) is 0 Å². The van der Waals surface area contributed by atoms with Crippen LogP contribution in [-0.2, 0) is 16.6 Å². The zero-order valence-corrected chi connectivity index (χ0v) is 16.4. The maximum absolute atomic E-state index is 12.3. The predicted octanol–water partition coefficient (Wildman–Crippen LogP) is 1.60. The van der Waals surface area contributed by atoms with Crippen molar-refractivity contribution in [3.63, 3.8) is 0 Å². The Kier molecular flexibility index (Phi) is 5.31. The van der Waals surface area contributed by atoms with Crippen LogP contribution >= 0.6 is 11.6 Å². The molecule has 0 spiro atoms. The molecule has 0 amide bonds.